The third-order valence-corrected chi connectivity index (χ3v) is 16.6. The number of allylic oxidation sites excluding steroid dienone is 32. The molecule has 0 fully saturated rings. The van der Waals surface area contributed by atoms with Crippen LogP contribution in [0, 0.1) is 0 Å². The SMILES string of the molecule is CC/C=C\C/C=C\C/C=C\C/C=C\C/C=C\C/C=C\C/C=C\C/C=C\C/C=C\C/C=C\CCCCCCCCCCCCC(=O)OC(COC(=O)CCCCCCCCCCCCCC/C=C\C/C=C\C/C=C\C/C=C\C/C=C\C/C=C\CC)COP(=O)(O)OCC[N+](C)(C)C. The van der Waals surface area contributed by atoms with Gasteiger partial charge in [-0.25, -0.2) is 4.57 Å². The zero-order chi connectivity index (χ0) is 69.7. The minimum Gasteiger partial charge on any atom is -0.462 e. The first kappa shape index (κ1) is 90.8. The van der Waals surface area contributed by atoms with Crippen LogP contribution in [0.2, 0.25) is 0 Å². The lowest BCUT2D eigenvalue weighted by atomic mass is 10.0. The van der Waals surface area contributed by atoms with Gasteiger partial charge in [0.25, 0.3) is 0 Å². The molecule has 0 aromatic heterocycles. The zero-order valence-corrected chi connectivity index (χ0v) is 62.7. The van der Waals surface area contributed by atoms with E-state index in [-0.39, 0.29) is 32.0 Å². The van der Waals surface area contributed by atoms with Crippen LogP contribution < -0.4 is 0 Å². The first-order chi connectivity index (χ1) is 47.0. The average Bonchev–Trinajstić information content (AvgIpc) is 2.54. The highest BCUT2D eigenvalue weighted by Gasteiger charge is 2.27. The summed E-state index contributed by atoms with van der Waals surface area (Å²) in [5, 5.41) is 0. The number of likely N-dealkylation sites (N-methyl/N-ethyl adjacent to an activating group) is 1. The lowest BCUT2D eigenvalue weighted by Crippen LogP contribution is -2.37. The molecule has 0 aromatic rings. The van der Waals surface area contributed by atoms with Gasteiger partial charge in [0.15, 0.2) is 6.10 Å². The number of rotatable bonds is 68. The Labute approximate surface area is 590 Å². The Morgan fingerprint density at radius 2 is 0.562 bits per heavy atom. The fraction of sp³-hybridized carbons (Fsp3) is 0.605. The van der Waals surface area contributed by atoms with Gasteiger partial charge >= 0.3 is 19.8 Å². The smallest absolute Gasteiger partial charge is 0.462 e. The topological polar surface area (TPSA) is 108 Å². The summed E-state index contributed by atoms with van der Waals surface area (Å²) >= 11 is 0. The maximum Gasteiger partial charge on any atom is 0.472 e. The number of quaternary nitrogens is 1. The quantitative estimate of drug-likeness (QED) is 0.0211. The van der Waals surface area contributed by atoms with Crippen molar-refractivity contribution in [1.82, 2.24) is 0 Å². The van der Waals surface area contributed by atoms with E-state index in [1.807, 2.05) is 21.1 Å². The van der Waals surface area contributed by atoms with Crippen LogP contribution in [0.1, 0.15) is 284 Å². The molecule has 0 aliphatic rings. The second-order valence-electron chi connectivity index (χ2n) is 25.9. The van der Waals surface area contributed by atoms with Crippen LogP contribution in [0.25, 0.3) is 0 Å². The van der Waals surface area contributed by atoms with Crippen molar-refractivity contribution < 1.29 is 42.1 Å². The van der Waals surface area contributed by atoms with Gasteiger partial charge < -0.3 is 18.9 Å². The van der Waals surface area contributed by atoms with E-state index >= 15 is 0 Å². The molecule has 0 radical (unpaired) electrons. The van der Waals surface area contributed by atoms with Crippen molar-refractivity contribution in [3.8, 4) is 0 Å². The number of carbonyl (C=O) groups excluding carboxylic acids is 2. The van der Waals surface area contributed by atoms with Crippen LogP contribution in [0.4, 0.5) is 0 Å². The molecule has 0 saturated heterocycles. The van der Waals surface area contributed by atoms with Gasteiger partial charge in [0.05, 0.1) is 27.7 Å². The fourth-order valence-corrected chi connectivity index (χ4v) is 10.6. The largest absolute Gasteiger partial charge is 0.472 e. The Balaban J connectivity index is 4.09. The van der Waals surface area contributed by atoms with Gasteiger partial charge in [-0.1, -0.05) is 324 Å². The maximum atomic E-state index is 12.9. The molecule has 0 aliphatic carbocycles. The van der Waals surface area contributed by atoms with Crippen molar-refractivity contribution in [2.45, 2.75) is 290 Å². The van der Waals surface area contributed by atoms with Crippen LogP contribution in [0.15, 0.2) is 194 Å². The number of nitrogens with zero attached hydrogens (tertiary/aromatic N) is 1. The summed E-state index contributed by atoms with van der Waals surface area (Å²) in [5.41, 5.74) is 0. The molecule has 0 heterocycles. The van der Waals surface area contributed by atoms with Crippen LogP contribution >= 0.6 is 7.82 Å². The molecule has 0 saturated carbocycles. The minimum absolute atomic E-state index is 0.0216. The van der Waals surface area contributed by atoms with E-state index in [1.165, 1.54) is 103 Å². The number of ether oxygens (including phenoxy) is 2. The number of phosphoric ester groups is 1. The van der Waals surface area contributed by atoms with Crippen molar-refractivity contribution >= 4 is 19.8 Å². The monoisotopic (exact) mass is 1350 g/mol. The van der Waals surface area contributed by atoms with Gasteiger partial charge in [-0.05, 0) is 141 Å². The summed E-state index contributed by atoms with van der Waals surface area (Å²) in [6, 6.07) is 0. The van der Waals surface area contributed by atoms with Gasteiger partial charge in [0, 0.05) is 12.8 Å². The van der Waals surface area contributed by atoms with Crippen LogP contribution in [-0.2, 0) is 32.7 Å². The summed E-state index contributed by atoms with van der Waals surface area (Å²) in [6.45, 7) is 4.19. The Morgan fingerprint density at radius 1 is 0.323 bits per heavy atom. The van der Waals surface area contributed by atoms with Crippen molar-refractivity contribution in [2.24, 2.45) is 0 Å². The van der Waals surface area contributed by atoms with Crippen LogP contribution in [-0.4, -0.2) is 74.9 Å². The predicted molar refractivity (Wildman–Crippen MR) is 417 cm³/mol. The molecule has 1 N–H and O–H groups in total. The number of esters is 2. The van der Waals surface area contributed by atoms with E-state index in [0.717, 1.165) is 148 Å². The number of unbranched alkanes of at least 4 members (excludes halogenated alkanes) is 22. The van der Waals surface area contributed by atoms with E-state index in [4.69, 9.17) is 18.5 Å². The second kappa shape index (κ2) is 74.1. The summed E-state index contributed by atoms with van der Waals surface area (Å²) in [6.07, 6.45) is 115. The van der Waals surface area contributed by atoms with Gasteiger partial charge in [0.1, 0.15) is 19.8 Å². The van der Waals surface area contributed by atoms with Gasteiger partial charge in [-0.2, -0.15) is 0 Å². The van der Waals surface area contributed by atoms with Crippen molar-refractivity contribution in [2.75, 3.05) is 47.5 Å². The third-order valence-electron chi connectivity index (χ3n) is 15.6. The van der Waals surface area contributed by atoms with Crippen molar-refractivity contribution in [1.29, 1.82) is 0 Å². The molecule has 0 spiro atoms. The van der Waals surface area contributed by atoms with Crippen LogP contribution in [0.5, 0.6) is 0 Å². The Hall–Kier alpha value is -5.15. The highest BCUT2D eigenvalue weighted by atomic mass is 31.2. The predicted octanol–water partition coefficient (Wildman–Crippen LogP) is 25.6. The van der Waals surface area contributed by atoms with E-state index < -0.39 is 26.5 Å². The molecule has 2 atom stereocenters. The first-order valence-electron chi connectivity index (χ1n) is 38.2. The summed E-state index contributed by atoms with van der Waals surface area (Å²) in [5.74, 6) is -0.812. The highest BCUT2D eigenvalue weighted by Crippen LogP contribution is 2.43. The Morgan fingerprint density at radius 3 is 0.833 bits per heavy atom. The van der Waals surface area contributed by atoms with E-state index in [9.17, 15) is 19.0 Å². The summed E-state index contributed by atoms with van der Waals surface area (Å²) in [7, 11) is 1.45. The number of phosphoric acid groups is 1. The van der Waals surface area contributed by atoms with Crippen molar-refractivity contribution in [3.63, 3.8) is 0 Å². The number of carbonyl (C=O) groups is 2. The highest BCUT2D eigenvalue weighted by molar-refractivity contribution is 7.47. The summed E-state index contributed by atoms with van der Waals surface area (Å²) < 4.78 is 34.8. The van der Waals surface area contributed by atoms with Crippen molar-refractivity contribution in [3.05, 3.63) is 194 Å². The fourth-order valence-electron chi connectivity index (χ4n) is 9.87. The van der Waals surface area contributed by atoms with E-state index in [1.54, 1.807) is 0 Å². The number of hydrogen-bond donors (Lipinski definition) is 1. The minimum atomic E-state index is -4.41. The molecule has 9 nitrogen and oxygen atoms in total. The second-order valence-corrected chi connectivity index (χ2v) is 27.4. The van der Waals surface area contributed by atoms with E-state index in [0.29, 0.717) is 17.4 Å². The molecule has 2 unspecified atom stereocenters. The molecule has 0 rings (SSSR count). The summed E-state index contributed by atoms with van der Waals surface area (Å²) in [4.78, 5) is 36.0. The third kappa shape index (κ3) is 77.9. The Bertz CT molecular complexity index is 2330. The molecule has 0 bridgehead atoms. The maximum absolute atomic E-state index is 12.9. The average molecular weight is 1350 g/mol. The van der Waals surface area contributed by atoms with Gasteiger partial charge in [-0.3, -0.25) is 18.6 Å². The lowest BCUT2D eigenvalue weighted by molar-refractivity contribution is -0.870. The molecule has 0 aromatic carbocycles. The normalized spacial score (nSPS) is 14.2. The van der Waals surface area contributed by atoms with Gasteiger partial charge in [-0.15, -0.1) is 0 Å². The molecule has 10 heteroatoms. The molecule has 96 heavy (non-hydrogen) atoms. The molecular formula is C86H141NO8P+. The zero-order valence-electron chi connectivity index (χ0n) is 61.8. The lowest BCUT2D eigenvalue weighted by Gasteiger charge is -2.24. The molecular weight excluding hydrogens is 1210 g/mol. The van der Waals surface area contributed by atoms with Gasteiger partial charge in [0.2, 0.25) is 0 Å². The molecule has 0 amide bonds. The molecule has 542 valence electrons. The first-order valence-corrected chi connectivity index (χ1v) is 39.7. The molecule has 0 aliphatic heterocycles. The van der Waals surface area contributed by atoms with Crippen LogP contribution in [0.3, 0.4) is 0 Å². The van der Waals surface area contributed by atoms with E-state index in [2.05, 4.69) is 208 Å². The Kier molecular flexibility index (Phi) is 70.1. The number of hydrogen-bond acceptors (Lipinski definition) is 7. The standard InChI is InChI=1S/C86H140NO8P/c1-6-8-10-12-14-16-18-20-22-24-26-28-30-32-34-36-38-39-40-41-42-43-44-45-46-47-49-51-53-55-57-59-61-63-65-67-69-71-73-75-77-79-86(89)95-84(83-94-96(90,91)93-81-80-87(3,4)5)82-92-85(88)78-76-74-72-70-68-66-64-62-60-58-56-54-52-50-48-37-35-33-31-29-27-25-23-21-19-17-15-13-11-9-7-2/h8-11,14-17,20-23,26-29,32-35,38-39,41-42,44-45,47-50,53,55,84H,6-7,12-13,18-19,24-25,30-31,36-37,40,43,46,51-52,54,56-83H2,1-5H3/p+1/b10-8-,11-9-,16-14-,17-15-,22-20-,23-21-,28-26-,29-27-,34-32-,35-33-,39-38-,42-41-,45-44-,49-47-,50-48-,55-53-.